The molecule has 2 N–H and O–H groups in total. The van der Waals surface area contributed by atoms with Crippen LogP contribution >= 0.6 is 23.1 Å². The maximum atomic E-state index is 6.27. The Kier molecular flexibility index (Phi) is 4.33. The number of hydrogen-bond donors (Lipinski definition) is 1. The molecule has 6 heteroatoms. The lowest BCUT2D eigenvalue weighted by molar-refractivity contribution is 0.405. The molecule has 0 aliphatic heterocycles. The van der Waals surface area contributed by atoms with E-state index >= 15 is 0 Å². The molecule has 1 aliphatic carbocycles. The first-order valence-electron chi connectivity index (χ1n) is 8.08. The smallest absolute Gasteiger partial charge is 0.142 e. The second-order valence-electron chi connectivity index (χ2n) is 5.86. The summed E-state index contributed by atoms with van der Waals surface area (Å²) in [4.78, 5) is 12.9. The van der Waals surface area contributed by atoms with E-state index in [0.717, 1.165) is 39.5 Å². The Labute approximate surface area is 149 Å². The zero-order chi connectivity index (χ0) is 16.5. The predicted molar refractivity (Wildman–Crippen MR) is 101 cm³/mol. The molecule has 0 saturated carbocycles. The molecule has 4 nitrogen and oxygen atoms in total. The predicted octanol–water partition coefficient (Wildman–Crippen LogP) is 4.45. The molecule has 4 rings (SSSR count). The van der Waals surface area contributed by atoms with Crippen molar-refractivity contribution in [3.8, 4) is 5.75 Å². The number of hydrogen-bond acceptors (Lipinski definition) is 6. The van der Waals surface area contributed by atoms with E-state index in [2.05, 4.69) is 11.1 Å². The highest BCUT2D eigenvalue weighted by molar-refractivity contribution is 7.98. The summed E-state index contributed by atoms with van der Waals surface area (Å²) in [5, 5.41) is 1.10. The van der Waals surface area contributed by atoms with Gasteiger partial charge in [-0.3, -0.25) is 0 Å². The molecule has 0 bridgehead atoms. The third-order valence-electron chi connectivity index (χ3n) is 4.31. The van der Waals surface area contributed by atoms with E-state index in [9.17, 15) is 0 Å². The number of ether oxygens (including phenoxy) is 1. The highest BCUT2D eigenvalue weighted by atomic mass is 32.2. The molecular weight excluding hydrogens is 338 g/mol. The summed E-state index contributed by atoms with van der Waals surface area (Å²) in [7, 11) is 1.69. The first-order chi connectivity index (χ1) is 11.8. The fourth-order valence-electron chi connectivity index (χ4n) is 3.18. The number of rotatable bonds is 4. The van der Waals surface area contributed by atoms with Crippen molar-refractivity contribution in [2.75, 3.05) is 12.8 Å². The number of nitrogens with two attached hydrogens (primary N) is 1. The van der Waals surface area contributed by atoms with Gasteiger partial charge in [-0.1, -0.05) is 12.1 Å². The molecule has 0 saturated heterocycles. The molecule has 2 aromatic heterocycles. The quantitative estimate of drug-likeness (QED) is 0.699. The number of nitrogen functional groups attached to an aromatic ring is 1. The van der Waals surface area contributed by atoms with E-state index in [1.54, 1.807) is 30.2 Å². The maximum Gasteiger partial charge on any atom is 0.142 e. The van der Waals surface area contributed by atoms with Gasteiger partial charge in [-0.25, -0.2) is 9.97 Å². The van der Waals surface area contributed by atoms with Crippen LogP contribution in [0, 0.1) is 0 Å². The Bertz CT molecular complexity index is 891. The third kappa shape index (κ3) is 2.84. The van der Waals surface area contributed by atoms with Crippen LogP contribution in [0.2, 0.25) is 0 Å². The Morgan fingerprint density at radius 1 is 1.21 bits per heavy atom. The van der Waals surface area contributed by atoms with Gasteiger partial charge in [0.15, 0.2) is 0 Å². The lowest BCUT2D eigenvalue weighted by atomic mass is 9.97. The number of aryl methyl sites for hydroxylation is 2. The van der Waals surface area contributed by atoms with Gasteiger partial charge < -0.3 is 10.5 Å². The molecule has 3 aromatic rings. The standard InChI is InChI=1S/C18H19N3OS2/c1-22-12-7-3-5-9-14(12)23-10-15-20-17(19)16-11-6-2-4-8-13(11)24-18(16)21-15/h3,5,7,9H,2,4,6,8,10H2,1H3,(H2,19,20,21). The van der Waals surface area contributed by atoms with Crippen LogP contribution in [-0.2, 0) is 18.6 Å². The summed E-state index contributed by atoms with van der Waals surface area (Å²) in [6.45, 7) is 0. The molecule has 24 heavy (non-hydrogen) atoms. The van der Waals surface area contributed by atoms with Gasteiger partial charge in [0.25, 0.3) is 0 Å². The number of aromatic nitrogens is 2. The van der Waals surface area contributed by atoms with E-state index in [4.69, 9.17) is 15.5 Å². The van der Waals surface area contributed by atoms with E-state index in [1.165, 1.54) is 23.3 Å². The first kappa shape index (κ1) is 15.7. The largest absolute Gasteiger partial charge is 0.496 e. The summed E-state index contributed by atoms with van der Waals surface area (Å²) < 4.78 is 5.40. The number of methoxy groups -OCH3 is 1. The molecule has 0 atom stereocenters. The highest BCUT2D eigenvalue weighted by Crippen LogP contribution is 2.38. The zero-order valence-electron chi connectivity index (χ0n) is 13.5. The van der Waals surface area contributed by atoms with Crippen LogP contribution in [0.1, 0.15) is 29.1 Å². The minimum atomic E-state index is 0.634. The third-order valence-corrected chi connectivity index (χ3v) is 6.55. The zero-order valence-corrected chi connectivity index (χ0v) is 15.2. The van der Waals surface area contributed by atoms with Gasteiger partial charge in [0.1, 0.15) is 22.2 Å². The molecule has 0 unspecified atom stereocenters. The molecule has 124 valence electrons. The summed E-state index contributed by atoms with van der Waals surface area (Å²) in [6, 6.07) is 8.00. The summed E-state index contributed by atoms with van der Waals surface area (Å²) in [6.07, 6.45) is 4.77. The van der Waals surface area contributed by atoms with Gasteiger partial charge in [-0.15, -0.1) is 23.1 Å². The molecule has 1 aromatic carbocycles. The number of thiophene rings is 1. The van der Waals surface area contributed by atoms with Gasteiger partial charge in [0.05, 0.1) is 18.2 Å². The lowest BCUT2D eigenvalue weighted by Crippen LogP contribution is -2.02. The summed E-state index contributed by atoms with van der Waals surface area (Å²) in [5.41, 5.74) is 7.66. The number of thioether (sulfide) groups is 1. The minimum Gasteiger partial charge on any atom is -0.496 e. The number of nitrogens with zero attached hydrogens (tertiary/aromatic N) is 2. The topological polar surface area (TPSA) is 61.0 Å². The van der Waals surface area contributed by atoms with E-state index in [-0.39, 0.29) is 0 Å². The average molecular weight is 358 g/mol. The second kappa shape index (κ2) is 6.61. The summed E-state index contributed by atoms with van der Waals surface area (Å²) in [5.74, 6) is 2.98. The Morgan fingerprint density at radius 3 is 2.92 bits per heavy atom. The van der Waals surface area contributed by atoms with Crippen LogP contribution in [0.3, 0.4) is 0 Å². The fourth-order valence-corrected chi connectivity index (χ4v) is 5.35. The minimum absolute atomic E-state index is 0.634. The van der Waals surface area contributed by atoms with Crippen molar-refractivity contribution in [3.63, 3.8) is 0 Å². The Morgan fingerprint density at radius 2 is 2.04 bits per heavy atom. The molecule has 2 heterocycles. The van der Waals surface area contributed by atoms with Crippen LogP contribution in [0.5, 0.6) is 5.75 Å². The lowest BCUT2D eigenvalue weighted by Gasteiger charge is -2.11. The highest BCUT2D eigenvalue weighted by Gasteiger charge is 2.20. The van der Waals surface area contributed by atoms with Gasteiger partial charge in [-0.05, 0) is 43.4 Å². The van der Waals surface area contributed by atoms with Crippen molar-refractivity contribution < 1.29 is 4.74 Å². The van der Waals surface area contributed by atoms with Crippen molar-refractivity contribution >= 4 is 39.1 Å². The molecule has 0 fully saturated rings. The Balaban J connectivity index is 1.63. The van der Waals surface area contributed by atoms with Gasteiger partial charge >= 0.3 is 0 Å². The van der Waals surface area contributed by atoms with Crippen LogP contribution in [0.4, 0.5) is 5.82 Å². The molecular formula is C18H19N3OS2. The number of benzene rings is 1. The van der Waals surface area contributed by atoms with Crippen molar-refractivity contribution in [2.45, 2.75) is 36.3 Å². The second-order valence-corrected chi connectivity index (χ2v) is 7.96. The van der Waals surface area contributed by atoms with Crippen molar-refractivity contribution in [3.05, 3.63) is 40.5 Å². The molecule has 0 radical (unpaired) electrons. The molecule has 0 amide bonds. The van der Waals surface area contributed by atoms with Gasteiger partial charge in [-0.2, -0.15) is 0 Å². The SMILES string of the molecule is COc1ccccc1SCc1nc(N)c2c3c(sc2n1)CCCC3. The van der Waals surface area contributed by atoms with Crippen molar-refractivity contribution in [1.29, 1.82) is 0 Å². The Hall–Kier alpha value is -1.79. The van der Waals surface area contributed by atoms with Crippen molar-refractivity contribution in [1.82, 2.24) is 9.97 Å². The van der Waals surface area contributed by atoms with Crippen LogP contribution in [0.25, 0.3) is 10.2 Å². The first-order valence-corrected chi connectivity index (χ1v) is 9.89. The summed E-state index contributed by atoms with van der Waals surface area (Å²) >= 11 is 3.47. The van der Waals surface area contributed by atoms with Crippen LogP contribution in [-0.4, -0.2) is 17.1 Å². The number of anilines is 1. The van der Waals surface area contributed by atoms with Gasteiger partial charge in [0.2, 0.25) is 0 Å². The van der Waals surface area contributed by atoms with E-state index in [1.807, 2.05) is 18.2 Å². The molecule has 1 aliphatic rings. The van der Waals surface area contributed by atoms with E-state index in [0.29, 0.717) is 11.6 Å². The molecule has 0 spiro atoms. The number of fused-ring (bicyclic) bond motifs is 3. The monoisotopic (exact) mass is 357 g/mol. The number of para-hydroxylation sites is 1. The van der Waals surface area contributed by atoms with Crippen LogP contribution < -0.4 is 10.5 Å². The average Bonchev–Trinajstić information content (AvgIpc) is 2.99. The van der Waals surface area contributed by atoms with Gasteiger partial charge in [0, 0.05) is 9.77 Å². The maximum absolute atomic E-state index is 6.27. The normalized spacial score (nSPS) is 13.9. The fraction of sp³-hybridized carbons (Fsp3) is 0.333. The van der Waals surface area contributed by atoms with Crippen LogP contribution in [0.15, 0.2) is 29.2 Å². The van der Waals surface area contributed by atoms with E-state index < -0.39 is 0 Å². The van der Waals surface area contributed by atoms with Crippen molar-refractivity contribution in [2.24, 2.45) is 0 Å².